The second kappa shape index (κ2) is 5.54. The number of non-ortho nitro benzene ring substituents is 1. The second-order valence-electron chi connectivity index (χ2n) is 4.09. The van der Waals surface area contributed by atoms with Crippen LogP contribution in [0.2, 0.25) is 5.02 Å². The summed E-state index contributed by atoms with van der Waals surface area (Å²) in [7, 11) is 0. The molecule has 5 nitrogen and oxygen atoms in total. The van der Waals surface area contributed by atoms with Crippen molar-refractivity contribution in [3.05, 3.63) is 49.4 Å². The topological polar surface area (TPSA) is 68.1 Å². The molecule has 0 spiro atoms. The number of anilines is 1. The average Bonchev–Trinajstić information content (AvgIpc) is 2.78. The van der Waals surface area contributed by atoms with E-state index in [0.29, 0.717) is 10.7 Å². The van der Waals surface area contributed by atoms with Crippen molar-refractivity contribution in [2.45, 2.75) is 19.9 Å². The standard InChI is InChI=1S/C12H12ClN3O2S/c1-7-12(19-6-14-7)8(2)15-11-5-9(16(17)18)3-4-10(11)13/h3-6,8,15H,1-2H3. The third-order valence-electron chi connectivity index (χ3n) is 2.71. The minimum absolute atomic E-state index is 0.00740. The third kappa shape index (κ3) is 3.02. The number of nitrogens with zero attached hydrogens (tertiary/aromatic N) is 2. The normalized spacial score (nSPS) is 12.2. The van der Waals surface area contributed by atoms with Crippen LogP contribution in [0.25, 0.3) is 0 Å². The molecule has 0 fully saturated rings. The number of halogens is 1. The Balaban J connectivity index is 2.26. The fourth-order valence-electron chi connectivity index (χ4n) is 1.76. The van der Waals surface area contributed by atoms with E-state index in [1.807, 2.05) is 13.8 Å². The molecule has 1 aromatic carbocycles. The smallest absolute Gasteiger partial charge is 0.271 e. The number of aromatic nitrogens is 1. The lowest BCUT2D eigenvalue weighted by atomic mass is 10.2. The van der Waals surface area contributed by atoms with Gasteiger partial charge in [0, 0.05) is 17.0 Å². The first-order valence-corrected chi connectivity index (χ1v) is 6.85. The third-order valence-corrected chi connectivity index (χ3v) is 4.15. The summed E-state index contributed by atoms with van der Waals surface area (Å²) in [6.07, 6.45) is 0. The molecule has 0 amide bonds. The molecule has 1 aromatic heterocycles. The molecule has 1 N–H and O–H groups in total. The van der Waals surface area contributed by atoms with Crippen molar-refractivity contribution in [2.24, 2.45) is 0 Å². The van der Waals surface area contributed by atoms with Crippen LogP contribution in [0.15, 0.2) is 23.7 Å². The fourth-order valence-corrected chi connectivity index (χ4v) is 2.75. The molecule has 2 aromatic rings. The predicted octanol–water partition coefficient (Wildman–Crippen LogP) is 4.19. The molecule has 0 aliphatic carbocycles. The SMILES string of the molecule is Cc1ncsc1C(C)Nc1cc([N+](=O)[O-])ccc1Cl. The average molecular weight is 298 g/mol. The van der Waals surface area contributed by atoms with Crippen molar-refractivity contribution >= 4 is 34.3 Å². The predicted molar refractivity (Wildman–Crippen MR) is 77.0 cm³/mol. The van der Waals surface area contributed by atoms with E-state index in [1.165, 1.54) is 18.2 Å². The highest BCUT2D eigenvalue weighted by atomic mass is 35.5. The van der Waals surface area contributed by atoms with Crippen LogP contribution in [0.4, 0.5) is 11.4 Å². The minimum Gasteiger partial charge on any atom is -0.376 e. The molecule has 1 atom stereocenters. The molecule has 0 saturated carbocycles. The summed E-state index contributed by atoms with van der Waals surface area (Å²) in [6.45, 7) is 3.90. The van der Waals surface area contributed by atoms with Gasteiger partial charge in [0.05, 0.1) is 32.9 Å². The Morgan fingerprint density at radius 3 is 2.84 bits per heavy atom. The van der Waals surface area contributed by atoms with Crippen LogP contribution in [0.3, 0.4) is 0 Å². The maximum atomic E-state index is 10.8. The molecule has 1 unspecified atom stereocenters. The van der Waals surface area contributed by atoms with Gasteiger partial charge in [-0.2, -0.15) is 0 Å². The highest BCUT2D eigenvalue weighted by Crippen LogP contribution is 2.31. The summed E-state index contributed by atoms with van der Waals surface area (Å²) >= 11 is 7.59. The minimum atomic E-state index is -0.440. The first-order valence-electron chi connectivity index (χ1n) is 5.59. The largest absolute Gasteiger partial charge is 0.376 e. The molecular weight excluding hydrogens is 286 g/mol. The highest BCUT2D eigenvalue weighted by molar-refractivity contribution is 7.09. The number of nitro benzene ring substituents is 1. The molecular formula is C12H12ClN3O2S. The monoisotopic (exact) mass is 297 g/mol. The maximum Gasteiger partial charge on any atom is 0.271 e. The summed E-state index contributed by atoms with van der Waals surface area (Å²) in [5.74, 6) is 0. The lowest BCUT2D eigenvalue weighted by molar-refractivity contribution is -0.384. The fraction of sp³-hybridized carbons (Fsp3) is 0.250. The number of hydrogen-bond acceptors (Lipinski definition) is 5. The number of benzene rings is 1. The first-order chi connectivity index (χ1) is 8.99. The summed E-state index contributed by atoms with van der Waals surface area (Å²) in [6, 6.07) is 4.34. The Kier molecular flexibility index (Phi) is 4.01. The van der Waals surface area contributed by atoms with E-state index in [9.17, 15) is 10.1 Å². The quantitative estimate of drug-likeness (QED) is 0.679. The number of nitrogens with one attached hydrogen (secondary N) is 1. The first kappa shape index (κ1) is 13.8. The molecule has 100 valence electrons. The number of nitro groups is 1. The zero-order valence-electron chi connectivity index (χ0n) is 10.4. The lowest BCUT2D eigenvalue weighted by Crippen LogP contribution is -2.07. The van der Waals surface area contributed by atoms with Gasteiger partial charge in [0.25, 0.3) is 5.69 Å². The Labute approximate surface area is 119 Å². The van der Waals surface area contributed by atoms with Crippen molar-refractivity contribution in [2.75, 3.05) is 5.32 Å². The van der Waals surface area contributed by atoms with E-state index in [4.69, 9.17) is 11.6 Å². The summed E-state index contributed by atoms with van der Waals surface area (Å²) in [5.41, 5.74) is 3.29. The van der Waals surface area contributed by atoms with Crippen LogP contribution in [0.5, 0.6) is 0 Å². The van der Waals surface area contributed by atoms with E-state index >= 15 is 0 Å². The summed E-state index contributed by atoms with van der Waals surface area (Å²) in [5, 5.41) is 14.4. The van der Waals surface area contributed by atoms with Crippen molar-refractivity contribution in [3.8, 4) is 0 Å². The van der Waals surface area contributed by atoms with Crippen molar-refractivity contribution in [1.82, 2.24) is 4.98 Å². The van der Waals surface area contributed by atoms with Crippen LogP contribution in [0.1, 0.15) is 23.5 Å². The van der Waals surface area contributed by atoms with E-state index in [1.54, 1.807) is 16.8 Å². The van der Waals surface area contributed by atoms with Gasteiger partial charge in [-0.1, -0.05) is 11.6 Å². The molecule has 0 saturated heterocycles. The number of aryl methyl sites for hydroxylation is 1. The van der Waals surface area contributed by atoms with Crippen molar-refractivity contribution in [1.29, 1.82) is 0 Å². The van der Waals surface area contributed by atoms with Gasteiger partial charge in [-0.25, -0.2) is 4.98 Å². The van der Waals surface area contributed by atoms with Gasteiger partial charge in [0.2, 0.25) is 0 Å². The van der Waals surface area contributed by atoms with Crippen LogP contribution in [-0.2, 0) is 0 Å². The van der Waals surface area contributed by atoms with Gasteiger partial charge < -0.3 is 5.32 Å². The van der Waals surface area contributed by atoms with Gasteiger partial charge in [0.15, 0.2) is 0 Å². The Hall–Kier alpha value is -1.66. The van der Waals surface area contributed by atoms with Gasteiger partial charge in [-0.15, -0.1) is 11.3 Å². The maximum absolute atomic E-state index is 10.8. The van der Waals surface area contributed by atoms with Gasteiger partial charge in [0.1, 0.15) is 0 Å². The molecule has 0 aliphatic rings. The van der Waals surface area contributed by atoms with Crippen LogP contribution < -0.4 is 5.32 Å². The summed E-state index contributed by atoms with van der Waals surface area (Å²) < 4.78 is 0. The molecule has 0 bridgehead atoms. The zero-order valence-corrected chi connectivity index (χ0v) is 12.0. The molecule has 0 radical (unpaired) electrons. The lowest BCUT2D eigenvalue weighted by Gasteiger charge is -2.15. The van der Waals surface area contributed by atoms with E-state index in [0.717, 1.165) is 10.6 Å². The molecule has 2 rings (SSSR count). The number of hydrogen-bond donors (Lipinski definition) is 1. The Bertz CT molecular complexity index is 615. The molecule has 7 heteroatoms. The second-order valence-corrected chi connectivity index (χ2v) is 5.38. The van der Waals surface area contributed by atoms with E-state index < -0.39 is 4.92 Å². The van der Waals surface area contributed by atoms with Gasteiger partial charge in [-0.3, -0.25) is 10.1 Å². The number of thiazole rings is 1. The van der Waals surface area contributed by atoms with E-state index in [2.05, 4.69) is 10.3 Å². The molecule has 19 heavy (non-hydrogen) atoms. The molecule has 1 heterocycles. The van der Waals surface area contributed by atoms with Crippen LogP contribution in [0, 0.1) is 17.0 Å². The summed E-state index contributed by atoms with van der Waals surface area (Å²) in [4.78, 5) is 15.6. The zero-order chi connectivity index (χ0) is 14.0. The highest BCUT2D eigenvalue weighted by Gasteiger charge is 2.15. The van der Waals surface area contributed by atoms with Crippen molar-refractivity contribution in [3.63, 3.8) is 0 Å². The molecule has 0 aliphatic heterocycles. The van der Waals surface area contributed by atoms with Gasteiger partial charge in [-0.05, 0) is 19.9 Å². The van der Waals surface area contributed by atoms with Crippen molar-refractivity contribution < 1.29 is 4.92 Å². The Morgan fingerprint density at radius 1 is 1.53 bits per heavy atom. The van der Waals surface area contributed by atoms with Gasteiger partial charge >= 0.3 is 0 Å². The van der Waals surface area contributed by atoms with Crippen LogP contribution >= 0.6 is 22.9 Å². The number of rotatable bonds is 4. The van der Waals surface area contributed by atoms with E-state index in [-0.39, 0.29) is 11.7 Å². The Morgan fingerprint density at radius 2 is 2.26 bits per heavy atom. The van der Waals surface area contributed by atoms with Crippen LogP contribution in [-0.4, -0.2) is 9.91 Å².